The van der Waals surface area contributed by atoms with Gasteiger partial charge in [-0.2, -0.15) is 0 Å². The Morgan fingerprint density at radius 3 is 1.70 bits per heavy atom. The number of allylic oxidation sites excluding steroid dienone is 8. The van der Waals surface area contributed by atoms with E-state index in [9.17, 15) is 0 Å². The molecule has 0 heteroatoms. The molecule has 0 aromatic carbocycles. The molecule has 0 radical (unpaired) electrons. The molecular formula is C23H32. The molecule has 0 N–H and O–H groups in total. The maximum atomic E-state index is 2.54. The molecule has 124 valence electrons. The van der Waals surface area contributed by atoms with E-state index in [2.05, 4.69) is 38.2 Å². The second kappa shape index (κ2) is 6.11. The second-order valence-electron chi connectivity index (χ2n) is 8.09. The van der Waals surface area contributed by atoms with Crippen molar-refractivity contribution in [3.05, 3.63) is 46.6 Å². The summed E-state index contributed by atoms with van der Waals surface area (Å²) in [6.45, 7) is 4.86. The molecule has 0 heterocycles. The minimum Gasteiger partial charge on any atom is -0.0770 e. The summed E-state index contributed by atoms with van der Waals surface area (Å²) < 4.78 is 0. The molecule has 0 spiro atoms. The Hall–Kier alpha value is -1.04. The summed E-state index contributed by atoms with van der Waals surface area (Å²) in [6.07, 6.45) is 23.8. The van der Waals surface area contributed by atoms with E-state index in [1.165, 1.54) is 64.2 Å². The predicted octanol–water partition coefficient (Wildman–Crippen LogP) is 6.91. The molecule has 4 rings (SSSR count). The van der Waals surface area contributed by atoms with Crippen molar-refractivity contribution in [3.63, 3.8) is 0 Å². The van der Waals surface area contributed by atoms with E-state index >= 15 is 0 Å². The topological polar surface area (TPSA) is 0 Å². The predicted molar refractivity (Wildman–Crippen MR) is 99.3 cm³/mol. The van der Waals surface area contributed by atoms with Gasteiger partial charge in [0.05, 0.1) is 0 Å². The molecule has 0 aliphatic heterocycles. The third kappa shape index (κ3) is 2.32. The van der Waals surface area contributed by atoms with Crippen LogP contribution in [-0.2, 0) is 0 Å². The van der Waals surface area contributed by atoms with Crippen LogP contribution in [0.25, 0.3) is 0 Å². The Morgan fingerprint density at radius 1 is 0.783 bits per heavy atom. The van der Waals surface area contributed by atoms with Crippen molar-refractivity contribution in [1.82, 2.24) is 0 Å². The molecule has 0 saturated heterocycles. The highest BCUT2D eigenvalue weighted by molar-refractivity contribution is 5.53. The lowest BCUT2D eigenvalue weighted by atomic mass is 9.65. The Bertz CT molecular complexity index is 542. The Labute approximate surface area is 142 Å². The quantitative estimate of drug-likeness (QED) is 0.529. The van der Waals surface area contributed by atoms with Crippen molar-refractivity contribution in [1.29, 1.82) is 0 Å². The van der Waals surface area contributed by atoms with Gasteiger partial charge in [-0.05, 0) is 74.3 Å². The minimum atomic E-state index is 0.301. The van der Waals surface area contributed by atoms with E-state index in [0.717, 1.165) is 11.8 Å². The smallest absolute Gasteiger partial charge is 0.0197 e. The first-order chi connectivity index (χ1) is 11.3. The lowest BCUT2D eigenvalue weighted by molar-refractivity contribution is 0.394. The maximum absolute atomic E-state index is 2.54. The van der Waals surface area contributed by atoms with Crippen LogP contribution in [0.4, 0.5) is 0 Å². The standard InChI is InChI=1S/C23H32/c1-3-23(4-2,21-15-13-17-9-5-7-11-19(17)21)22-16-14-18-10-6-8-12-20(18)22/h13-18H,3-12H2,1-2H3. The fraction of sp³-hybridized carbons (Fsp3) is 0.652. The minimum absolute atomic E-state index is 0.301. The van der Waals surface area contributed by atoms with Crippen molar-refractivity contribution < 1.29 is 0 Å². The lowest BCUT2D eigenvalue weighted by Crippen LogP contribution is -2.26. The van der Waals surface area contributed by atoms with Gasteiger partial charge in [0.15, 0.2) is 0 Å². The van der Waals surface area contributed by atoms with E-state index in [-0.39, 0.29) is 0 Å². The van der Waals surface area contributed by atoms with Gasteiger partial charge in [-0.25, -0.2) is 0 Å². The summed E-state index contributed by atoms with van der Waals surface area (Å²) in [5.74, 6) is 1.55. The fourth-order valence-corrected chi connectivity index (χ4v) is 5.90. The average molecular weight is 309 g/mol. The van der Waals surface area contributed by atoms with E-state index in [1.54, 1.807) is 22.3 Å². The van der Waals surface area contributed by atoms with Crippen LogP contribution in [0, 0.1) is 17.3 Å². The van der Waals surface area contributed by atoms with Gasteiger partial charge in [-0.15, -0.1) is 0 Å². The molecule has 2 fully saturated rings. The second-order valence-corrected chi connectivity index (χ2v) is 8.09. The summed E-state index contributed by atoms with van der Waals surface area (Å²) in [4.78, 5) is 0. The van der Waals surface area contributed by atoms with Crippen LogP contribution in [0.1, 0.15) is 78.1 Å². The van der Waals surface area contributed by atoms with E-state index in [4.69, 9.17) is 0 Å². The summed E-state index contributed by atoms with van der Waals surface area (Å²) in [6, 6.07) is 0. The molecule has 23 heavy (non-hydrogen) atoms. The van der Waals surface area contributed by atoms with Crippen LogP contribution in [0.2, 0.25) is 0 Å². The summed E-state index contributed by atoms with van der Waals surface area (Å²) in [5, 5.41) is 0. The number of rotatable bonds is 4. The number of fused-ring (bicyclic) bond motifs is 2. The third-order valence-electron chi connectivity index (χ3n) is 7.24. The van der Waals surface area contributed by atoms with Gasteiger partial charge in [0.25, 0.3) is 0 Å². The zero-order valence-corrected chi connectivity index (χ0v) is 15.0. The normalized spacial score (nSPS) is 30.2. The average Bonchev–Trinajstić information content (AvgIpc) is 3.23. The highest BCUT2D eigenvalue weighted by Gasteiger charge is 2.41. The van der Waals surface area contributed by atoms with Gasteiger partial charge in [0.2, 0.25) is 0 Å². The van der Waals surface area contributed by atoms with Crippen molar-refractivity contribution in [2.24, 2.45) is 17.3 Å². The molecule has 4 aliphatic carbocycles. The molecular weight excluding hydrogens is 276 g/mol. The molecule has 0 nitrogen and oxygen atoms in total. The van der Waals surface area contributed by atoms with Crippen LogP contribution < -0.4 is 0 Å². The van der Waals surface area contributed by atoms with Gasteiger partial charge >= 0.3 is 0 Å². The number of hydrogen-bond acceptors (Lipinski definition) is 0. The molecule has 0 bridgehead atoms. The van der Waals surface area contributed by atoms with Crippen LogP contribution in [0.5, 0.6) is 0 Å². The van der Waals surface area contributed by atoms with Gasteiger partial charge < -0.3 is 0 Å². The van der Waals surface area contributed by atoms with Crippen molar-refractivity contribution in [3.8, 4) is 0 Å². The molecule has 2 saturated carbocycles. The summed E-state index contributed by atoms with van der Waals surface area (Å²) in [5.41, 5.74) is 7.37. The summed E-state index contributed by atoms with van der Waals surface area (Å²) >= 11 is 0. The van der Waals surface area contributed by atoms with Crippen molar-refractivity contribution in [2.75, 3.05) is 0 Å². The van der Waals surface area contributed by atoms with Gasteiger partial charge in [-0.3, -0.25) is 0 Å². The molecule has 2 unspecified atom stereocenters. The van der Waals surface area contributed by atoms with Gasteiger partial charge in [-0.1, -0.05) is 62.1 Å². The summed E-state index contributed by atoms with van der Waals surface area (Å²) in [7, 11) is 0. The molecule has 4 aliphatic rings. The number of hydrogen-bond donors (Lipinski definition) is 0. The van der Waals surface area contributed by atoms with Gasteiger partial charge in [0.1, 0.15) is 0 Å². The highest BCUT2D eigenvalue weighted by atomic mass is 14.5. The van der Waals surface area contributed by atoms with E-state index in [0.29, 0.717) is 5.41 Å². The van der Waals surface area contributed by atoms with E-state index < -0.39 is 0 Å². The van der Waals surface area contributed by atoms with E-state index in [1.807, 2.05) is 0 Å². The van der Waals surface area contributed by atoms with Crippen LogP contribution >= 0.6 is 0 Å². The lowest BCUT2D eigenvalue weighted by Gasteiger charge is -2.38. The largest absolute Gasteiger partial charge is 0.0770 e. The molecule has 0 aromatic rings. The zero-order chi connectivity index (χ0) is 15.9. The Kier molecular flexibility index (Phi) is 4.12. The van der Waals surface area contributed by atoms with Crippen molar-refractivity contribution >= 4 is 0 Å². The van der Waals surface area contributed by atoms with Crippen LogP contribution in [0.3, 0.4) is 0 Å². The SMILES string of the molecule is CCC(CC)(C1=C2CCCCC2C=C1)C1=C2CCCCC2C=C1. The van der Waals surface area contributed by atoms with Crippen LogP contribution in [0.15, 0.2) is 46.6 Å². The van der Waals surface area contributed by atoms with Crippen LogP contribution in [-0.4, -0.2) is 0 Å². The molecule has 0 aromatic heterocycles. The monoisotopic (exact) mass is 308 g/mol. The first kappa shape index (κ1) is 15.5. The first-order valence-corrected chi connectivity index (χ1v) is 10.1. The third-order valence-corrected chi connectivity index (χ3v) is 7.24. The Morgan fingerprint density at radius 2 is 1.26 bits per heavy atom. The maximum Gasteiger partial charge on any atom is 0.0197 e. The first-order valence-electron chi connectivity index (χ1n) is 10.1. The van der Waals surface area contributed by atoms with Crippen molar-refractivity contribution in [2.45, 2.75) is 78.1 Å². The molecule has 0 amide bonds. The van der Waals surface area contributed by atoms with Gasteiger partial charge in [0, 0.05) is 5.41 Å². The fourth-order valence-electron chi connectivity index (χ4n) is 5.90. The Balaban J connectivity index is 1.81. The zero-order valence-electron chi connectivity index (χ0n) is 15.0. The highest BCUT2D eigenvalue weighted by Crippen LogP contribution is 2.55. The molecule has 2 atom stereocenters.